The van der Waals surface area contributed by atoms with Crippen molar-refractivity contribution >= 4 is 5.91 Å². The number of methoxy groups -OCH3 is 1. The van der Waals surface area contributed by atoms with E-state index in [1.165, 1.54) is 6.07 Å². The molecular formula is C22H27FN2O2. The predicted molar refractivity (Wildman–Crippen MR) is 105 cm³/mol. The first-order chi connectivity index (χ1) is 13.2. The van der Waals surface area contributed by atoms with Crippen molar-refractivity contribution in [2.24, 2.45) is 5.92 Å². The van der Waals surface area contributed by atoms with Gasteiger partial charge in [-0.1, -0.05) is 42.5 Å². The Labute approximate surface area is 160 Å². The number of likely N-dealkylation sites (tertiary alicyclic amines) is 1. The van der Waals surface area contributed by atoms with Gasteiger partial charge in [0.2, 0.25) is 5.91 Å². The van der Waals surface area contributed by atoms with Crippen LogP contribution in [0.15, 0.2) is 48.5 Å². The molecule has 1 amide bonds. The van der Waals surface area contributed by atoms with Gasteiger partial charge in [-0.15, -0.1) is 0 Å². The molecule has 27 heavy (non-hydrogen) atoms. The summed E-state index contributed by atoms with van der Waals surface area (Å²) in [5.74, 6) is -0.00485. The monoisotopic (exact) mass is 370 g/mol. The van der Waals surface area contributed by atoms with Crippen LogP contribution in [-0.4, -0.2) is 44.2 Å². The van der Waals surface area contributed by atoms with Crippen LogP contribution >= 0.6 is 0 Å². The van der Waals surface area contributed by atoms with E-state index >= 15 is 0 Å². The van der Waals surface area contributed by atoms with E-state index in [-0.39, 0.29) is 17.6 Å². The molecule has 1 aliphatic rings. The van der Waals surface area contributed by atoms with Gasteiger partial charge in [0, 0.05) is 31.7 Å². The molecule has 1 fully saturated rings. The van der Waals surface area contributed by atoms with Crippen LogP contribution in [0, 0.1) is 11.7 Å². The number of benzene rings is 2. The minimum absolute atomic E-state index is 0.0694. The van der Waals surface area contributed by atoms with E-state index in [0.717, 1.165) is 43.6 Å². The minimum atomic E-state index is -0.198. The topological polar surface area (TPSA) is 41.6 Å². The zero-order valence-electron chi connectivity index (χ0n) is 15.8. The van der Waals surface area contributed by atoms with Crippen LogP contribution in [0.5, 0.6) is 0 Å². The van der Waals surface area contributed by atoms with Crippen LogP contribution in [0.3, 0.4) is 0 Å². The Morgan fingerprint density at radius 2 is 1.78 bits per heavy atom. The summed E-state index contributed by atoms with van der Waals surface area (Å²) in [6, 6.07) is 14.9. The Balaban J connectivity index is 1.60. The molecule has 1 N–H and O–H groups in total. The summed E-state index contributed by atoms with van der Waals surface area (Å²) < 4.78 is 19.2. The highest BCUT2D eigenvalue weighted by Gasteiger charge is 2.25. The van der Waals surface area contributed by atoms with E-state index in [4.69, 9.17) is 4.74 Å². The van der Waals surface area contributed by atoms with E-state index < -0.39 is 0 Å². The Kier molecular flexibility index (Phi) is 6.96. The maximum Gasteiger partial charge on any atom is 0.223 e. The second kappa shape index (κ2) is 9.62. The third kappa shape index (κ3) is 5.15. The van der Waals surface area contributed by atoms with Gasteiger partial charge in [0.25, 0.3) is 0 Å². The van der Waals surface area contributed by atoms with Crippen LogP contribution in [0.2, 0.25) is 0 Å². The van der Waals surface area contributed by atoms with Crippen molar-refractivity contribution in [3.8, 4) is 11.1 Å². The Morgan fingerprint density at radius 3 is 2.48 bits per heavy atom. The average molecular weight is 370 g/mol. The number of rotatable bonds is 7. The lowest BCUT2D eigenvalue weighted by Crippen LogP contribution is -2.41. The lowest BCUT2D eigenvalue weighted by atomic mass is 9.94. The summed E-state index contributed by atoms with van der Waals surface area (Å²) in [6.07, 6.45) is 1.70. The zero-order valence-corrected chi connectivity index (χ0v) is 15.8. The van der Waals surface area contributed by atoms with Crippen LogP contribution in [0.1, 0.15) is 18.4 Å². The van der Waals surface area contributed by atoms with Crippen molar-refractivity contribution in [2.75, 3.05) is 33.4 Å². The van der Waals surface area contributed by atoms with Crippen LogP contribution < -0.4 is 5.32 Å². The lowest BCUT2D eigenvalue weighted by molar-refractivity contribution is -0.126. The molecule has 0 atom stereocenters. The number of carbonyl (C=O) groups excluding carboxylic acids is 1. The van der Waals surface area contributed by atoms with Crippen molar-refractivity contribution in [2.45, 2.75) is 19.4 Å². The molecule has 5 heteroatoms. The normalized spacial score (nSPS) is 15.6. The molecule has 1 aliphatic heterocycles. The molecule has 0 bridgehead atoms. The van der Waals surface area contributed by atoms with Gasteiger partial charge in [0.05, 0.1) is 6.61 Å². The third-order valence-electron chi connectivity index (χ3n) is 5.14. The number of hydrogen-bond acceptors (Lipinski definition) is 3. The molecule has 0 unspecified atom stereocenters. The highest BCUT2D eigenvalue weighted by Crippen LogP contribution is 2.28. The SMILES string of the molecule is COCCNC(=O)C1CCN(Cc2ccccc2-c2ccccc2F)CC1. The molecular weight excluding hydrogens is 343 g/mol. The van der Waals surface area contributed by atoms with E-state index in [1.807, 2.05) is 30.3 Å². The molecule has 0 aromatic heterocycles. The molecule has 144 valence electrons. The van der Waals surface area contributed by atoms with Gasteiger partial charge < -0.3 is 10.1 Å². The number of amides is 1. The smallest absolute Gasteiger partial charge is 0.223 e. The fourth-order valence-electron chi connectivity index (χ4n) is 3.62. The second-order valence-corrected chi connectivity index (χ2v) is 6.97. The van der Waals surface area contributed by atoms with E-state index in [9.17, 15) is 9.18 Å². The van der Waals surface area contributed by atoms with E-state index in [0.29, 0.717) is 18.7 Å². The third-order valence-corrected chi connectivity index (χ3v) is 5.14. The number of carbonyl (C=O) groups is 1. The molecule has 0 spiro atoms. The zero-order chi connectivity index (χ0) is 19.1. The highest BCUT2D eigenvalue weighted by molar-refractivity contribution is 5.78. The first-order valence-corrected chi connectivity index (χ1v) is 9.51. The van der Waals surface area contributed by atoms with E-state index in [2.05, 4.69) is 16.3 Å². The number of nitrogens with one attached hydrogen (secondary N) is 1. The number of halogens is 1. The second-order valence-electron chi connectivity index (χ2n) is 6.97. The maximum atomic E-state index is 14.2. The van der Waals surface area contributed by atoms with Gasteiger partial charge in [-0.05, 0) is 43.1 Å². The van der Waals surface area contributed by atoms with Crippen molar-refractivity contribution in [3.05, 3.63) is 59.9 Å². The van der Waals surface area contributed by atoms with Crippen molar-refractivity contribution in [1.82, 2.24) is 10.2 Å². The molecule has 2 aromatic carbocycles. The highest BCUT2D eigenvalue weighted by atomic mass is 19.1. The largest absolute Gasteiger partial charge is 0.383 e. The van der Waals surface area contributed by atoms with Gasteiger partial charge in [0.1, 0.15) is 5.82 Å². The first-order valence-electron chi connectivity index (χ1n) is 9.51. The number of hydrogen-bond donors (Lipinski definition) is 1. The first kappa shape index (κ1) is 19.5. The molecule has 3 rings (SSSR count). The minimum Gasteiger partial charge on any atom is -0.383 e. The van der Waals surface area contributed by atoms with Crippen molar-refractivity contribution < 1.29 is 13.9 Å². The summed E-state index contributed by atoms with van der Waals surface area (Å²) in [5.41, 5.74) is 2.70. The molecule has 1 saturated heterocycles. The Morgan fingerprint density at radius 1 is 1.11 bits per heavy atom. The molecule has 4 nitrogen and oxygen atoms in total. The van der Waals surface area contributed by atoms with Crippen molar-refractivity contribution in [3.63, 3.8) is 0 Å². The molecule has 0 radical (unpaired) electrons. The van der Waals surface area contributed by atoms with Crippen LogP contribution in [-0.2, 0) is 16.1 Å². The molecule has 2 aromatic rings. The molecule has 0 saturated carbocycles. The van der Waals surface area contributed by atoms with Gasteiger partial charge in [-0.2, -0.15) is 0 Å². The number of piperidine rings is 1. The van der Waals surface area contributed by atoms with Gasteiger partial charge >= 0.3 is 0 Å². The quantitative estimate of drug-likeness (QED) is 0.759. The average Bonchev–Trinajstić information content (AvgIpc) is 2.70. The van der Waals surface area contributed by atoms with Gasteiger partial charge in [0.15, 0.2) is 0 Å². The van der Waals surface area contributed by atoms with Crippen LogP contribution in [0.25, 0.3) is 11.1 Å². The van der Waals surface area contributed by atoms with Gasteiger partial charge in [-0.25, -0.2) is 4.39 Å². The summed E-state index contributed by atoms with van der Waals surface area (Å²) in [7, 11) is 1.63. The number of nitrogens with zero attached hydrogens (tertiary/aromatic N) is 1. The Hall–Kier alpha value is -2.24. The van der Waals surface area contributed by atoms with Crippen molar-refractivity contribution in [1.29, 1.82) is 0 Å². The summed E-state index contributed by atoms with van der Waals surface area (Å²) in [6.45, 7) is 3.60. The fourth-order valence-corrected chi connectivity index (χ4v) is 3.62. The lowest BCUT2D eigenvalue weighted by Gasteiger charge is -2.31. The Bertz CT molecular complexity index is 757. The number of ether oxygens (including phenoxy) is 1. The summed E-state index contributed by atoms with van der Waals surface area (Å²) >= 11 is 0. The summed E-state index contributed by atoms with van der Waals surface area (Å²) in [4.78, 5) is 14.5. The fraction of sp³-hybridized carbons (Fsp3) is 0.409. The summed E-state index contributed by atoms with van der Waals surface area (Å²) in [5, 5.41) is 2.93. The predicted octanol–water partition coefficient (Wildman–Crippen LogP) is 3.47. The van der Waals surface area contributed by atoms with Gasteiger partial charge in [-0.3, -0.25) is 9.69 Å². The molecule has 0 aliphatic carbocycles. The van der Waals surface area contributed by atoms with E-state index in [1.54, 1.807) is 13.2 Å². The molecule has 1 heterocycles. The van der Waals surface area contributed by atoms with Crippen LogP contribution in [0.4, 0.5) is 4.39 Å². The standard InChI is InChI=1S/C22H27FN2O2/c1-27-15-12-24-22(26)17-10-13-25(14-11-17)16-18-6-2-3-7-19(18)20-8-4-5-9-21(20)23/h2-9,17H,10-16H2,1H3,(H,24,26). The maximum absolute atomic E-state index is 14.2.